The van der Waals surface area contributed by atoms with Crippen molar-refractivity contribution >= 4 is 22.6 Å². The highest BCUT2D eigenvalue weighted by Crippen LogP contribution is 2.23. The van der Waals surface area contributed by atoms with Crippen LogP contribution in [0.1, 0.15) is 25.1 Å². The van der Waals surface area contributed by atoms with Crippen LogP contribution < -0.4 is 0 Å². The molecule has 3 rings (SSSR count). The Morgan fingerprint density at radius 3 is 3.00 bits per heavy atom. The van der Waals surface area contributed by atoms with Gasteiger partial charge in [0.2, 0.25) is 0 Å². The van der Waals surface area contributed by atoms with Gasteiger partial charge in [-0.1, -0.05) is 6.42 Å². The Kier molecular flexibility index (Phi) is 3.94. The first-order valence-electron chi connectivity index (χ1n) is 7.10. The minimum Gasteiger partial charge on any atom is -0.325 e. The van der Waals surface area contributed by atoms with Crippen molar-refractivity contribution in [2.75, 3.05) is 13.6 Å². The zero-order valence-corrected chi connectivity index (χ0v) is 12.4. The van der Waals surface area contributed by atoms with E-state index in [4.69, 9.17) is 11.6 Å². The highest BCUT2D eigenvalue weighted by molar-refractivity contribution is 6.16. The summed E-state index contributed by atoms with van der Waals surface area (Å²) in [7, 11) is 2.17. The molecule has 1 aromatic carbocycles. The summed E-state index contributed by atoms with van der Waals surface area (Å²) in [6, 6.07) is 5.28. The summed E-state index contributed by atoms with van der Waals surface area (Å²) in [6.07, 6.45) is 3.73. The third-order valence-electron chi connectivity index (χ3n) is 4.22. The Balaban J connectivity index is 1.96. The van der Waals surface area contributed by atoms with E-state index in [1.54, 1.807) is 6.07 Å². The summed E-state index contributed by atoms with van der Waals surface area (Å²) in [5.41, 5.74) is 1.67. The molecule has 0 N–H and O–H groups in total. The smallest absolute Gasteiger partial charge is 0.125 e. The lowest BCUT2D eigenvalue weighted by Crippen LogP contribution is -2.39. The van der Waals surface area contributed by atoms with Gasteiger partial charge >= 0.3 is 0 Å². The van der Waals surface area contributed by atoms with Crippen LogP contribution in [0.4, 0.5) is 4.39 Å². The average molecular weight is 296 g/mol. The van der Waals surface area contributed by atoms with Crippen molar-refractivity contribution in [1.29, 1.82) is 0 Å². The first-order valence-corrected chi connectivity index (χ1v) is 7.63. The number of rotatable bonds is 3. The van der Waals surface area contributed by atoms with Gasteiger partial charge in [0, 0.05) is 18.7 Å². The lowest BCUT2D eigenvalue weighted by molar-refractivity contribution is 0.168. The van der Waals surface area contributed by atoms with E-state index in [0.717, 1.165) is 24.4 Å². The number of halogens is 2. The number of likely N-dealkylation sites (tertiary alicyclic amines) is 1. The molecule has 1 saturated heterocycles. The highest BCUT2D eigenvalue weighted by atomic mass is 35.5. The molecule has 0 aliphatic carbocycles. The Morgan fingerprint density at radius 1 is 1.40 bits per heavy atom. The minimum absolute atomic E-state index is 0.252. The summed E-state index contributed by atoms with van der Waals surface area (Å²) in [4.78, 5) is 6.85. The number of imidazole rings is 1. The fourth-order valence-electron chi connectivity index (χ4n) is 3.04. The van der Waals surface area contributed by atoms with Gasteiger partial charge in [-0.3, -0.25) is 0 Å². The van der Waals surface area contributed by atoms with E-state index in [1.165, 1.54) is 31.4 Å². The number of aromatic nitrogens is 2. The van der Waals surface area contributed by atoms with Crippen molar-refractivity contribution in [3.63, 3.8) is 0 Å². The Hall–Kier alpha value is -1.13. The molecule has 1 fully saturated rings. The molecule has 2 heterocycles. The molecule has 1 unspecified atom stereocenters. The van der Waals surface area contributed by atoms with E-state index in [1.807, 2.05) is 0 Å². The van der Waals surface area contributed by atoms with Gasteiger partial charge in [-0.25, -0.2) is 9.37 Å². The Labute approximate surface area is 123 Å². The van der Waals surface area contributed by atoms with Crippen LogP contribution in [-0.4, -0.2) is 34.1 Å². The number of nitrogens with zero attached hydrogens (tertiary/aromatic N) is 3. The van der Waals surface area contributed by atoms with Crippen molar-refractivity contribution in [3.05, 3.63) is 29.8 Å². The molecule has 0 saturated carbocycles. The monoisotopic (exact) mass is 295 g/mol. The number of hydrogen-bond acceptors (Lipinski definition) is 2. The molecule has 2 aromatic rings. The molecular weight excluding hydrogens is 277 g/mol. The molecule has 1 aliphatic rings. The highest BCUT2D eigenvalue weighted by Gasteiger charge is 2.21. The zero-order chi connectivity index (χ0) is 14.1. The van der Waals surface area contributed by atoms with Crippen LogP contribution in [0.15, 0.2) is 18.2 Å². The normalized spacial score (nSPS) is 20.6. The van der Waals surface area contributed by atoms with Crippen LogP contribution in [-0.2, 0) is 12.4 Å². The van der Waals surface area contributed by atoms with Crippen LogP contribution in [0.25, 0.3) is 11.0 Å². The summed E-state index contributed by atoms with van der Waals surface area (Å²) in [6.45, 7) is 2.02. The zero-order valence-electron chi connectivity index (χ0n) is 11.6. The van der Waals surface area contributed by atoms with Gasteiger partial charge in [0.05, 0.1) is 16.9 Å². The number of benzene rings is 1. The van der Waals surface area contributed by atoms with Crippen molar-refractivity contribution in [3.8, 4) is 0 Å². The molecule has 5 heteroatoms. The van der Waals surface area contributed by atoms with E-state index in [2.05, 4.69) is 21.5 Å². The second-order valence-corrected chi connectivity index (χ2v) is 5.80. The number of likely N-dealkylation sites (N-methyl/N-ethyl adjacent to an activating group) is 1. The van der Waals surface area contributed by atoms with Gasteiger partial charge in [-0.05, 0) is 38.6 Å². The molecular formula is C15H19ClFN3. The largest absolute Gasteiger partial charge is 0.325 e. The lowest BCUT2D eigenvalue weighted by Gasteiger charge is -2.33. The van der Waals surface area contributed by atoms with Crippen molar-refractivity contribution < 1.29 is 4.39 Å². The van der Waals surface area contributed by atoms with Gasteiger partial charge < -0.3 is 9.47 Å². The van der Waals surface area contributed by atoms with E-state index >= 15 is 0 Å². The maximum atomic E-state index is 13.3. The molecule has 1 atom stereocenters. The third-order valence-corrected chi connectivity index (χ3v) is 4.46. The quantitative estimate of drug-likeness (QED) is 0.809. The van der Waals surface area contributed by atoms with E-state index in [0.29, 0.717) is 17.4 Å². The van der Waals surface area contributed by atoms with E-state index in [-0.39, 0.29) is 5.82 Å². The Morgan fingerprint density at radius 2 is 2.25 bits per heavy atom. The first-order chi connectivity index (χ1) is 9.69. The molecule has 108 valence electrons. The van der Waals surface area contributed by atoms with Gasteiger partial charge in [0.1, 0.15) is 11.6 Å². The fraction of sp³-hybridized carbons (Fsp3) is 0.533. The fourth-order valence-corrected chi connectivity index (χ4v) is 3.25. The van der Waals surface area contributed by atoms with Crippen LogP contribution in [0.5, 0.6) is 0 Å². The number of hydrogen-bond donors (Lipinski definition) is 0. The summed E-state index contributed by atoms with van der Waals surface area (Å²) >= 11 is 6.01. The molecule has 0 bridgehead atoms. The summed E-state index contributed by atoms with van der Waals surface area (Å²) < 4.78 is 15.5. The molecule has 1 aromatic heterocycles. The molecule has 0 radical (unpaired) electrons. The molecule has 1 aliphatic heterocycles. The van der Waals surface area contributed by atoms with Crippen molar-refractivity contribution in [1.82, 2.24) is 14.5 Å². The van der Waals surface area contributed by atoms with Crippen molar-refractivity contribution in [2.45, 2.75) is 37.7 Å². The standard InChI is InChI=1S/C15H19ClFN3/c1-19-7-3-2-4-12(19)10-20-14-6-5-11(17)8-13(14)18-15(20)9-16/h5-6,8,12H,2-4,7,9-10H2,1H3. The molecule has 0 spiro atoms. The second-order valence-electron chi connectivity index (χ2n) is 5.54. The number of piperidine rings is 1. The SMILES string of the molecule is CN1CCCCC1Cn1c(CCl)nc2cc(F)ccc21. The van der Waals surface area contributed by atoms with Crippen LogP contribution in [0.2, 0.25) is 0 Å². The predicted octanol–water partition coefficient (Wildman–Crippen LogP) is 3.40. The maximum absolute atomic E-state index is 13.3. The van der Waals surface area contributed by atoms with Crippen molar-refractivity contribution in [2.24, 2.45) is 0 Å². The number of fused-ring (bicyclic) bond motifs is 1. The first kappa shape index (κ1) is 13.8. The summed E-state index contributed by atoms with van der Waals surface area (Å²) in [5, 5.41) is 0. The predicted molar refractivity (Wildman–Crippen MR) is 79.5 cm³/mol. The van der Waals surface area contributed by atoms with Crippen LogP contribution in [0, 0.1) is 5.82 Å². The van der Waals surface area contributed by atoms with E-state index in [9.17, 15) is 4.39 Å². The van der Waals surface area contributed by atoms with Crippen LogP contribution in [0.3, 0.4) is 0 Å². The Bertz CT molecular complexity index is 610. The minimum atomic E-state index is -0.252. The molecule has 3 nitrogen and oxygen atoms in total. The third kappa shape index (κ3) is 2.54. The van der Waals surface area contributed by atoms with Gasteiger partial charge in [-0.2, -0.15) is 0 Å². The van der Waals surface area contributed by atoms with Gasteiger partial charge in [0.15, 0.2) is 0 Å². The second kappa shape index (κ2) is 5.70. The number of alkyl halides is 1. The average Bonchev–Trinajstić information content (AvgIpc) is 2.78. The topological polar surface area (TPSA) is 21.1 Å². The van der Waals surface area contributed by atoms with Gasteiger partial charge in [-0.15, -0.1) is 11.6 Å². The van der Waals surface area contributed by atoms with Gasteiger partial charge in [0.25, 0.3) is 0 Å². The lowest BCUT2D eigenvalue weighted by atomic mass is 10.0. The maximum Gasteiger partial charge on any atom is 0.125 e. The van der Waals surface area contributed by atoms with Crippen LogP contribution >= 0.6 is 11.6 Å². The molecule has 20 heavy (non-hydrogen) atoms. The summed E-state index contributed by atoms with van der Waals surface area (Å²) in [5.74, 6) is 0.927. The molecule has 0 amide bonds. The van der Waals surface area contributed by atoms with E-state index < -0.39 is 0 Å².